The number of hydrogen-bond donors (Lipinski definition) is 0. The van der Waals surface area contributed by atoms with E-state index >= 15 is 0 Å². The van der Waals surface area contributed by atoms with E-state index in [0.29, 0.717) is 43.1 Å². The largest absolute Gasteiger partial charge is 0.464 e. The van der Waals surface area contributed by atoms with E-state index in [4.69, 9.17) is 9.26 Å². The number of nitrogens with zero attached hydrogens (tertiary/aromatic N) is 5. The first-order valence-corrected chi connectivity index (χ1v) is 13.1. The van der Waals surface area contributed by atoms with Gasteiger partial charge in [-0.05, 0) is 56.2 Å². The molecule has 0 saturated heterocycles. The molecule has 0 N–H and O–H groups in total. The van der Waals surface area contributed by atoms with Crippen LogP contribution < -0.4 is 9.64 Å². The number of aromatic nitrogens is 4. The highest BCUT2D eigenvalue weighted by atomic mass is 19.1. The number of rotatable bonds is 15. The summed E-state index contributed by atoms with van der Waals surface area (Å²) in [5.41, 5.74) is 2.37. The second kappa shape index (κ2) is 13.1. The standard InChI is InChI=1S/C29H34FN5O3/c1-4-21(8-6-11-26-33-28(34-38-26)22-13-14-22)19-35(27(36)15-12-20(3)30)25-10-7-9-23(16-25)24-17-31-29(32-18-24)37-5-2/h4,7,9-10,16-18,21-22H,1,3,5-6,8,11-15,19H2,2H3. The molecular weight excluding hydrogens is 485 g/mol. The molecule has 1 amide bonds. The van der Waals surface area contributed by atoms with Crippen LogP contribution in [0.15, 0.2) is 66.2 Å². The van der Waals surface area contributed by atoms with Crippen molar-refractivity contribution < 1.29 is 18.4 Å². The average molecular weight is 520 g/mol. The predicted octanol–water partition coefficient (Wildman–Crippen LogP) is 6.22. The van der Waals surface area contributed by atoms with E-state index in [0.717, 1.165) is 42.6 Å². The Morgan fingerprint density at radius 3 is 2.74 bits per heavy atom. The summed E-state index contributed by atoms with van der Waals surface area (Å²) in [6.45, 7) is 10.1. The molecule has 1 unspecified atom stereocenters. The van der Waals surface area contributed by atoms with E-state index in [-0.39, 0.29) is 24.7 Å². The van der Waals surface area contributed by atoms with E-state index < -0.39 is 5.83 Å². The van der Waals surface area contributed by atoms with Crippen LogP contribution in [-0.2, 0) is 11.2 Å². The molecule has 8 nitrogen and oxygen atoms in total. The molecule has 0 aliphatic heterocycles. The number of aryl methyl sites for hydroxylation is 1. The van der Waals surface area contributed by atoms with Gasteiger partial charge >= 0.3 is 6.01 Å². The van der Waals surface area contributed by atoms with E-state index in [1.54, 1.807) is 17.3 Å². The third-order valence-corrected chi connectivity index (χ3v) is 6.45. The van der Waals surface area contributed by atoms with Gasteiger partial charge in [-0.15, -0.1) is 6.58 Å². The monoisotopic (exact) mass is 519 g/mol. The molecule has 0 radical (unpaired) electrons. The summed E-state index contributed by atoms with van der Waals surface area (Å²) in [5.74, 6) is 1.25. The number of carbonyl (C=O) groups is 1. The molecule has 1 aliphatic rings. The van der Waals surface area contributed by atoms with E-state index in [2.05, 4.69) is 33.3 Å². The van der Waals surface area contributed by atoms with Crippen LogP contribution in [0.4, 0.5) is 10.1 Å². The third kappa shape index (κ3) is 7.57. The van der Waals surface area contributed by atoms with E-state index in [9.17, 15) is 9.18 Å². The van der Waals surface area contributed by atoms with Gasteiger partial charge in [-0.1, -0.05) is 29.9 Å². The zero-order valence-electron chi connectivity index (χ0n) is 21.8. The quantitative estimate of drug-likeness (QED) is 0.220. The first kappa shape index (κ1) is 27.2. The van der Waals surface area contributed by atoms with Crippen molar-refractivity contribution in [2.45, 2.75) is 57.8 Å². The fourth-order valence-electron chi connectivity index (χ4n) is 4.16. The fourth-order valence-corrected chi connectivity index (χ4v) is 4.16. The van der Waals surface area contributed by atoms with E-state index in [1.807, 2.05) is 37.3 Å². The first-order chi connectivity index (χ1) is 18.5. The zero-order valence-corrected chi connectivity index (χ0v) is 21.8. The lowest BCUT2D eigenvalue weighted by molar-refractivity contribution is -0.118. The second-order valence-corrected chi connectivity index (χ2v) is 9.47. The summed E-state index contributed by atoms with van der Waals surface area (Å²) >= 11 is 0. The summed E-state index contributed by atoms with van der Waals surface area (Å²) < 4.78 is 24.1. The first-order valence-electron chi connectivity index (χ1n) is 13.1. The highest BCUT2D eigenvalue weighted by molar-refractivity contribution is 5.94. The maximum Gasteiger partial charge on any atom is 0.316 e. The summed E-state index contributed by atoms with van der Waals surface area (Å²) in [4.78, 5) is 27.9. The van der Waals surface area contributed by atoms with Crippen LogP contribution >= 0.6 is 0 Å². The van der Waals surface area contributed by atoms with Crippen LogP contribution in [0, 0.1) is 5.92 Å². The molecule has 0 spiro atoms. The molecule has 4 rings (SSSR count). The van der Waals surface area contributed by atoms with Crippen molar-refractivity contribution >= 4 is 11.6 Å². The second-order valence-electron chi connectivity index (χ2n) is 9.47. The summed E-state index contributed by atoms with van der Waals surface area (Å²) in [5, 5.41) is 4.08. The molecule has 200 valence electrons. The van der Waals surface area contributed by atoms with Crippen LogP contribution in [-0.4, -0.2) is 39.2 Å². The molecule has 1 atom stereocenters. The van der Waals surface area contributed by atoms with Crippen molar-refractivity contribution in [1.29, 1.82) is 0 Å². The van der Waals surface area contributed by atoms with Crippen LogP contribution in [0.2, 0.25) is 0 Å². The minimum Gasteiger partial charge on any atom is -0.464 e. The number of halogens is 1. The lowest BCUT2D eigenvalue weighted by Gasteiger charge is -2.27. The number of ether oxygens (including phenoxy) is 1. The van der Waals surface area contributed by atoms with Gasteiger partial charge in [0.15, 0.2) is 5.82 Å². The Balaban J connectivity index is 1.46. The molecule has 1 aromatic carbocycles. The topological polar surface area (TPSA) is 94.2 Å². The van der Waals surface area contributed by atoms with Gasteiger partial charge in [0.1, 0.15) is 0 Å². The zero-order chi connectivity index (χ0) is 26.9. The SMILES string of the molecule is C=CC(CCCc1nc(C2CC2)no1)CN(C(=O)CCC(=C)F)c1cccc(-c2cnc(OCC)nc2)c1. The Hall–Kier alpha value is -3.88. The number of carbonyl (C=O) groups excluding carboxylic acids is 1. The molecule has 3 aromatic rings. The Bertz CT molecular complexity index is 1240. The number of amides is 1. The average Bonchev–Trinajstić information content (AvgIpc) is 3.67. The fraction of sp³-hybridized carbons (Fsp3) is 0.414. The predicted molar refractivity (Wildman–Crippen MR) is 143 cm³/mol. The smallest absolute Gasteiger partial charge is 0.316 e. The number of hydrogen-bond acceptors (Lipinski definition) is 7. The molecule has 1 aliphatic carbocycles. The van der Waals surface area contributed by atoms with Crippen molar-refractivity contribution in [2.75, 3.05) is 18.1 Å². The van der Waals surface area contributed by atoms with Crippen LogP contribution in [0.3, 0.4) is 0 Å². The van der Waals surface area contributed by atoms with Gasteiger partial charge in [0, 0.05) is 55.4 Å². The van der Waals surface area contributed by atoms with Crippen molar-refractivity contribution in [3.05, 3.63) is 73.4 Å². The van der Waals surface area contributed by atoms with E-state index in [1.165, 1.54) is 0 Å². The summed E-state index contributed by atoms with van der Waals surface area (Å²) in [6.07, 6.45) is 9.79. The van der Waals surface area contributed by atoms with Crippen LogP contribution in [0.25, 0.3) is 11.1 Å². The highest BCUT2D eigenvalue weighted by Gasteiger charge is 2.28. The Morgan fingerprint density at radius 1 is 1.26 bits per heavy atom. The number of anilines is 1. The molecule has 2 heterocycles. The molecule has 9 heteroatoms. The van der Waals surface area contributed by atoms with Crippen molar-refractivity contribution in [2.24, 2.45) is 5.92 Å². The van der Waals surface area contributed by atoms with Crippen LogP contribution in [0.5, 0.6) is 6.01 Å². The lowest BCUT2D eigenvalue weighted by atomic mass is 10.00. The van der Waals surface area contributed by atoms with Gasteiger partial charge in [0.2, 0.25) is 11.8 Å². The maximum atomic E-state index is 13.4. The highest BCUT2D eigenvalue weighted by Crippen LogP contribution is 2.38. The normalized spacial score (nSPS) is 13.6. The number of benzene rings is 1. The molecule has 38 heavy (non-hydrogen) atoms. The van der Waals surface area contributed by atoms with Gasteiger partial charge in [-0.25, -0.2) is 14.4 Å². The van der Waals surface area contributed by atoms with Gasteiger partial charge in [0.05, 0.1) is 12.4 Å². The van der Waals surface area contributed by atoms with Gasteiger partial charge < -0.3 is 14.2 Å². The Morgan fingerprint density at radius 2 is 2.05 bits per heavy atom. The Labute approximate surface area is 222 Å². The van der Waals surface area contributed by atoms with Gasteiger partial charge in [-0.2, -0.15) is 4.98 Å². The summed E-state index contributed by atoms with van der Waals surface area (Å²) in [6, 6.07) is 7.91. The van der Waals surface area contributed by atoms with Gasteiger partial charge in [-0.3, -0.25) is 4.79 Å². The minimum atomic E-state index is -0.510. The molecule has 2 aromatic heterocycles. The minimum absolute atomic E-state index is 0.0129. The lowest BCUT2D eigenvalue weighted by Crippen LogP contribution is -2.35. The maximum absolute atomic E-state index is 13.4. The summed E-state index contributed by atoms with van der Waals surface area (Å²) in [7, 11) is 0. The molecule has 1 saturated carbocycles. The molecule has 0 bridgehead atoms. The van der Waals surface area contributed by atoms with Crippen LogP contribution in [0.1, 0.15) is 63.1 Å². The number of allylic oxidation sites excluding steroid dienone is 1. The Kier molecular flexibility index (Phi) is 9.35. The van der Waals surface area contributed by atoms with Crippen molar-refractivity contribution in [3.63, 3.8) is 0 Å². The van der Waals surface area contributed by atoms with Crippen molar-refractivity contribution in [3.8, 4) is 17.1 Å². The third-order valence-electron chi connectivity index (χ3n) is 6.45. The van der Waals surface area contributed by atoms with Gasteiger partial charge in [0.25, 0.3) is 0 Å². The van der Waals surface area contributed by atoms with Crippen molar-refractivity contribution in [1.82, 2.24) is 20.1 Å². The molecule has 1 fully saturated rings. The molecular formula is C29H34FN5O3.